The minimum Gasteiger partial charge on any atom is -0.493 e. The van der Waals surface area contributed by atoms with Crippen molar-refractivity contribution in [3.05, 3.63) is 64.2 Å². The monoisotopic (exact) mass is 424 g/mol. The number of nitrogens with zero attached hydrogens (tertiary/aromatic N) is 1. The SMILES string of the molecule is COc1cc(/C=C/C(=O)c2sc(Nc3ccccc3C)nc2C)cc(OC)c1OC. The maximum absolute atomic E-state index is 12.8. The summed E-state index contributed by atoms with van der Waals surface area (Å²) in [6, 6.07) is 11.5. The number of benzene rings is 2. The highest BCUT2D eigenvalue weighted by Crippen LogP contribution is 2.38. The molecule has 0 fully saturated rings. The molecule has 0 amide bonds. The van der Waals surface area contributed by atoms with Crippen LogP contribution >= 0.6 is 11.3 Å². The summed E-state index contributed by atoms with van der Waals surface area (Å²) in [5.41, 5.74) is 3.53. The van der Waals surface area contributed by atoms with Crippen LogP contribution in [0.25, 0.3) is 6.08 Å². The molecule has 0 radical (unpaired) electrons. The summed E-state index contributed by atoms with van der Waals surface area (Å²) < 4.78 is 16.0. The smallest absolute Gasteiger partial charge is 0.203 e. The first kappa shape index (κ1) is 21.4. The number of thiazole rings is 1. The van der Waals surface area contributed by atoms with Gasteiger partial charge in [0.2, 0.25) is 5.75 Å². The van der Waals surface area contributed by atoms with Crippen molar-refractivity contribution in [1.82, 2.24) is 4.98 Å². The van der Waals surface area contributed by atoms with Crippen LogP contribution in [0.15, 0.2) is 42.5 Å². The zero-order valence-corrected chi connectivity index (χ0v) is 18.4. The Morgan fingerprint density at radius 1 is 1.03 bits per heavy atom. The summed E-state index contributed by atoms with van der Waals surface area (Å²) in [5, 5.41) is 3.98. The van der Waals surface area contributed by atoms with Gasteiger partial charge in [0.1, 0.15) is 0 Å². The van der Waals surface area contributed by atoms with Gasteiger partial charge in [0.25, 0.3) is 0 Å². The predicted molar refractivity (Wildman–Crippen MR) is 121 cm³/mol. The molecular weight excluding hydrogens is 400 g/mol. The van der Waals surface area contributed by atoms with Crippen molar-refractivity contribution in [3.63, 3.8) is 0 Å². The van der Waals surface area contributed by atoms with Crippen LogP contribution in [-0.4, -0.2) is 32.1 Å². The van der Waals surface area contributed by atoms with E-state index < -0.39 is 0 Å². The number of para-hydroxylation sites is 1. The van der Waals surface area contributed by atoms with Crippen LogP contribution < -0.4 is 19.5 Å². The van der Waals surface area contributed by atoms with Crippen LogP contribution in [0.1, 0.15) is 26.5 Å². The van der Waals surface area contributed by atoms with Gasteiger partial charge in [0, 0.05) is 5.69 Å². The molecule has 3 aromatic rings. The molecule has 7 heteroatoms. The highest BCUT2D eigenvalue weighted by molar-refractivity contribution is 7.17. The Morgan fingerprint density at radius 2 is 1.70 bits per heavy atom. The van der Waals surface area contributed by atoms with Crippen LogP contribution in [0.2, 0.25) is 0 Å². The van der Waals surface area contributed by atoms with Gasteiger partial charge in [0.15, 0.2) is 22.4 Å². The maximum atomic E-state index is 12.8. The number of ether oxygens (including phenoxy) is 3. The number of ketones is 1. The number of hydrogen-bond acceptors (Lipinski definition) is 7. The van der Waals surface area contributed by atoms with Crippen molar-refractivity contribution in [3.8, 4) is 17.2 Å². The second-order valence-electron chi connectivity index (χ2n) is 6.53. The van der Waals surface area contributed by atoms with E-state index in [1.54, 1.807) is 39.5 Å². The third-order valence-corrected chi connectivity index (χ3v) is 5.61. The minimum absolute atomic E-state index is 0.114. The van der Waals surface area contributed by atoms with Gasteiger partial charge in [0.05, 0.1) is 31.9 Å². The highest BCUT2D eigenvalue weighted by Gasteiger charge is 2.15. The first-order chi connectivity index (χ1) is 14.5. The van der Waals surface area contributed by atoms with Crippen LogP contribution in [0.3, 0.4) is 0 Å². The molecule has 0 saturated heterocycles. The van der Waals surface area contributed by atoms with Gasteiger partial charge in [-0.2, -0.15) is 0 Å². The van der Waals surface area contributed by atoms with Crippen LogP contribution in [0.5, 0.6) is 17.2 Å². The molecule has 30 heavy (non-hydrogen) atoms. The average molecular weight is 425 g/mol. The van der Waals surface area contributed by atoms with E-state index in [1.807, 2.05) is 38.1 Å². The molecule has 1 N–H and O–H groups in total. The second-order valence-corrected chi connectivity index (χ2v) is 7.53. The minimum atomic E-state index is -0.114. The molecule has 6 nitrogen and oxygen atoms in total. The topological polar surface area (TPSA) is 69.7 Å². The average Bonchev–Trinajstić information content (AvgIpc) is 3.12. The van der Waals surface area contributed by atoms with Crippen molar-refractivity contribution in [2.24, 2.45) is 0 Å². The van der Waals surface area contributed by atoms with Gasteiger partial charge in [-0.15, -0.1) is 0 Å². The summed E-state index contributed by atoms with van der Waals surface area (Å²) in [4.78, 5) is 17.9. The fourth-order valence-electron chi connectivity index (χ4n) is 2.95. The number of aromatic nitrogens is 1. The third-order valence-electron chi connectivity index (χ3n) is 4.52. The number of nitrogens with one attached hydrogen (secondary N) is 1. The molecule has 0 spiro atoms. The lowest BCUT2D eigenvalue weighted by atomic mass is 10.1. The molecular formula is C23H24N2O4S. The van der Waals surface area contributed by atoms with E-state index in [0.717, 1.165) is 16.8 Å². The standard InChI is InChI=1S/C23H24N2O4S/c1-14-8-6-7-9-17(14)25-23-24-15(2)22(30-23)18(26)11-10-16-12-19(27-3)21(29-5)20(13-16)28-4/h6-13H,1-5H3,(H,24,25)/b11-10+. The molecule has 0 saturated carbocycles. The largest absolute Gasteiger partial charge is 0.493 e. The van der Waals surface area contributed by atoms with E-state index in [-0.39, 0.29) is 5.78 Å². The fraction of sp³-hybridized carbons (Fsp3) is 0.217. The van der Waals surface area contributed by atoms with Gasteiger partial charge in [-0.1, -0.05) is 35.6 Å². The summed E-state index contributed by atoms with van der Waals surface area (Å²) in [6.07, 6.45) is 3.25. The number of anilines is 2. The lowest BCUT2D eigenvalue weighted by Crippen LogP contribution is -1.96. The zero-order chi connectivity index (χ0) is 21.7. The summed E-state index contributed by atoms with van der Waals surface area (Å²) in [7, 11) is 4.66. The van der Waals surface area contributed by atoms with Crippen molar-refractivity contribution < 1.29 is 19.0 Å². The Bertz CT molecular complexity index is 1060. The third kappa shape index (κ3) is 4.63. The summed E-state index contributed by atoms with van der Waals surface area (Å²) in [5.74, 6) is 1.45. The molecule has 2 aromatic carbocycles. The number of carbonyl (C=O) groups is 1. The summed E-state index contributed by atoms with van der Waals surface area (Å²) >= 11 is 1.34. The van der Waals surface area contributed by atoms with Crippen LogP contribution in [0, 0.1) is 13.8 Å². The molecule has 1 heterocycles. The molecule has 156 valence electrons. The molecule has 0 aliphatic rings. The van der Waals surface area contributed by atoms with Crippen molar-refractivity contribution in [2.75, 3.05) is 26.6 Å². The quantitative estimate of drug-likeness (QED) is 0.384. The number of aryl methyl sites for hydroxylation is 2. The van der Waals surface area contributed by atoms with Gasteiger partial charge in [-0.25, -0.2) is 4.98 Å². The molecule has 0 aliphatic heterocycles. The molecule has 0 atom stereocenters. The van der Waals surface area contributed by atoms with E-state index in [2.05, 4.69) is 10.3 Å². The number of methoxy groups -OCH3 is 3. The van der Waals surface area contributed by atoms with Crippen LogP contribution in [0.4, 0.5) is 10.8 Å². The van der Waals surface area contributed by atoms with E-state index in [9.17, 15) is 4.79 Å². The van der Waals surface area contributed by atoms with Crippen molar-refractivity contribution in [1.29, 1.82) is 0 Å². The number of allylic oxidation sites excluding steroid dienone is 1. The Hall–Kier alpha value is -3.32. The first-order valence-electron chi connectivity index (χ1n) is 9.29. The molecule has 0 unspecified atom stereocenters. The number of carbonyl (C=O) groups excluding carboxylic acids is 1. The lowest BCUT2D eigenvalue weighted by molar-refractivity contribution is 0.105. The molecule has 1 aromatic heterocycles. The van der Waals surface area contributed by atoms with Gasteiger partial charge >= 0.3 is 0 Å². The maximum Gasteiger partial charge on any atom is 0.203 e. The van der Waals surface area contributed by atoms with Crippen molar-refractivity contribution >= 4 is 34.0 Å². The highest BCUT2D eigenvalue weighted by atomic mass is 32.1. The van der Waals surface area contributed by atoms with Gasteiger partial charge in [-0.3, -0.25) is 4.79 Å². The Labute approximate surface area is 180 Å². The number of hydrogen-bond donors (Lipinski definition) is 1. The van der Waals surface area contributed by atoms with E-state index in [0.29, 0.717) is 33.0 Å². The van der Waals surface area contributed by atoms with Gasteiger partial charge in [-0.05, 0) is 49.2 Å². The summed E-state index contributed by atoms with van der Waals surface area (Å²) in [6.45, 7) is 3.86. The Morgan fingerprint density at radius 3 is 2.30 bits per heavy atom. The normalized spacial score (nSPS) is 10.8. The Balaban J connectivity index is 1.82. The van der Waals surface area contributed by atoms with Crippen LogP contribution in [-0.2, 0) is 0 Å². The van der Waals surface area contributed by atoms with E-state index in [1.165, 1.54) is 17.4 Å². The Kier molecular flexibility index (Phi) is 6.74. The number of rotatable bonds is 8. The van der Waals surface area contributed by atoms with Gasteiger partial charge < -0.3 is 19.5 Å². The lowest BCUT2D eigenvalue weighted by Gasteiger charge is -2.12. The zero-order valence-electron chi connectivity index (χ0n) is 17.6. The first-order valence-corrected chi connectivity index (χ1v) is 10.1. The van der Waals surface area contributed by atoms with Crippen molar-refractivity contribution in [2.45, 2.75) is 13.8 Å². The molecule has 0 bridgehead atoms. The molecule has 3 rings (SSSR count). The molecule has 0 aliphatic carbocycles. The predicted octanol–water partition coefficient (Wildman–Crippen LogP) is 5.43. The fourth-order valence-corrected chi connectivity index (χ4v) is 3.85. The van der Waals surface area contributed by atoms with E-state index >= 15 is 0 Å². The second kappa shape index (κ2) is 9.45. The van der Waals surface area contributed by atoms with E-state index in [4.69, 9.17) is 14.2 Å².